The van der Waals surface area contributed by atoms with Gasteiger partial charge in [-0.2, -0.15) is 0 Å². The van der Waals surface area contributed by atoms with E-state index in [1.54, 1.807) is 0 Å². The molecule has 0 aliphatic carbocycles. The van der Waals surface area contributed by atoms with E-state index in [2.05, 4.69) is 30.9 Å². The first kappa shape index (κ1) is 27.9. The van der Waals surface area contributed by atoms with Gasteiger partial charge in [-0.25, -0.2) is 9.18 Å². The molecule has 2 heterocycles. The summed E-state index contributed by atoms with van der Waals surface area (Å²) in [6, 6.07) is 20.8. The maximum Gasteiger partial charge on any atom is 0.339 e. The number of aryl methyl sites for hydroxylation is 1. The fraction of sp³-hybridized carbons (Fsp3) is 0.344. The predicted octanol–water partition coefficient (Wildman–Crippen LogP) is 7.38. The van der Waals surface area contributed by atoms with Crippen LogP contribution in [0.15, 0.2) is 75.9 Å². The molecule has 0 bridgehead atoms. The van der Waals surface area contributed by atoms with Crippen LogP contribution in [0.5, 0.6) is 5.75 Å². The molecule has 1 N–H and O–H groups in total. The molecule has 200 valence electrons. The molecule has 3 aromatic carbocycles. The Bertz CT molecular complexity index is 1440. The number of hydrogen-bond donors (Lipinski definition) is 1. The van der Waals surface area contributed by atoms with Crippen LogP contribution in [0.4, 0.5) is 4.39 Å². The smallest absolute Gasteiger partial charge is 0.339 e. The Hall–Kier alpha value is -3.15. The number of hydrogen-bond acceptors (Lipinski definition) is 4. The van der Waals surface area contributed by atoms with Crippen molar-refractivity contribution in [2.75, 3.05) is 6.54 Å². The van der Waals surface area contributed by atoms with Gasteiger partial charge in [-0.1, -0.05) is 56.3 Å². The SMILES string of the molecule is CC(CCCc1ccc(F)cc1)C(C)c1cc(O)c2c3c(c(=O)oc2c1)CCN(Cc1ccccc1)C3.Cl. The van der Waals surface area contributed by atoms with Gasteiger partial charge in [0, 0.05) is 25.2 Å². The van der Waals surface area contributed by atoms with Crippen LogP contribution in [0.1, 0.15) is 60.4 Å². The molecule has 2 atom stereocenters. The first-order valence-corrected chi connectivity index (χ1v) is 13.2. The summed E-state index contributed by atoms with van der Waals surface area (Å²) < 4.78 is 18.9. The van der Waals surface area contributed by atoms with E-state index in [1.807, 2.05) is 42.5 Å². The summed E-state index contributed by atoms with van der Waals surface area (Å²) in [5.41, 5.74) is 5.08. The van der Waals surface area contributed by atoms with Crippen LogP contribution in [-0.2, 0) is 25.9 Å². The number of phenolic OH excluding ortho intramolecular Hbond substituents is 1. The third kappa shape index (κ3) is 6.11. The summed E-state index contributed by atoms with van der Waals surface area (Å²) in [5, 5.41) is 11.8. The van der Waals surface area contributed by atoms with Crippen LogP contribution in [-0.4, -0.2) is 16.6 Å². The first-order valence-electron chi connectivity index (χ1n) is 13.2. The lowest BCUT2D eigenvalue weighted by Crippen LogP contribution is -2.33. The first-order chi connectivity index (χ1) is 17.9. The summed E-state index contributed by atoms with van der Waals surface area (Å²) in [5.74, 6) is 0.514. The minimum absolute atomic E-state index is 0. The minimum Gasteiger partial charge on any atom is -0.507 e. The summed E-state index contributed by atoms with van der Waals surface area (Å²) in [6.07, 6.45) is 3.51. The molecule has 6 heteroatoms. The highest BCUT2D eigenvalue weighted by molar-refractivity contribution is 5.88. The van der Waals surface area contributed by atoms with E-state index in [1.165, 1.54) is 17.7 Å². The van der Waals surface area contributed by atoms with E-state index < -0.39 is 0 Å². The van der Waals surface area contributed by atoms with E-state index in [-0.39, 0.29) is 35.5 Å². The number of benzene rings is 3. The molecule has 0 radical (unpaired) electrons. The van der Waals surface area contributed by atoms with E-state index in [4.69, 9.17) is 4.42 Å². The van der Waals surface area contributed by atoms with Crippen LogP contribution in [0.3, 0.4) is 0 Å². The summed E-state index contributed by atoms with van der Waals surface area (Å²) >= 11 is 0. The molecule has 0 saturated carbocycles. The van der Waals surface area contributed by atoms with Crippen molar-refractivity contribution in [3.05, 3.63) is 111 Å². The van der Waals surface area contributed by atoms with Gasteiger partial charge < -0.3 is 9.52 Å². The van der Waals surface area contributed by atoms with Crippen molar-refractivity contribution < 1.29 is 13.9 Å². The molecule has 38 heavy (non-hydrogen) atoms. The molecular weight excluding hydrogens is 501 g/mol. The highest BCUT2D eigenvalue weighted by Gasteiger charge is 2.26. The Morgan fingerprint density at radius 1 is 1.00 bits per heavy atom. The van der Waals surface area contributed by atoms with Crippen molar-refractivity contribution in [1.82, 2.24) is 4.90 Å². The normalized spacial score (nSPS) is 15.0. The maximum absolute atomic E-state index is 13.2. The quantitative estimate of drug-likeness (QED) is 0.239. The van der Waals surface area contributed by atoms with Gasteiger partial charge in [-0.3, -0.25) is 4.90 Å². The molecule has 0 spiro atoms. The molecule has 4 aromatic rings. The lowest BCUT2D eigenvalue weighted by molar-refractivity contribution is 0.243. The number of fused-ring (bicyclic) bond motifs is 3. The van der Waals surface area contributed by atoms with Crippen LogP contribution >= 0.6 is 12.4 Å². The summed E-state index contributed by atoms with van der Waals surface area (Å²) in [7, 11) is 0. The van der Waals surface area contributed by atoms with Crippen molar-refractivity contribution >= 4 is 23.4 Å². The monoisotopic (exact) mass is 535 g/mol. The number of phenols is 1. The Kier molecular flexibility index (Phi) is 8.91. The predicted molar refractivity (Wildman–Crippen MR) is 153 cm³/mol. The van der Waals surface area contributed by atoms with Crippen molar-refractivity contribution in [3.8, 4) is 5.75 Å². The van der Waals surface area contributed by atoms with Crippen LogP contribution < -0.4 is 5.63 Å². The molecule has 1 aromatic heterocycles. The third-order valence-corrected chi connectivity index (χ3v) is 7.95. The number of aromatic hydroxyl groups is 1. The van der Waals surface area contributed by atoms with Gasteiger partial charge in [0.15, 0.2) is 0 Å². The minimum atomic E-state index is -0.293. The lowest BCUT2D eigenvalue weighted by atomic mass is 9.84. The van der Waals surface area contributed by atoms with E-state index in [9.17, 15) is 14.3 Å². The van der Waals surface area contributed by atoms with Gasteiger partial charge in [0.1, 0.15) is 17.1 Å². The molecule has 0 amide bonds. The maximum atomic E-state index is 13.2. The molecule has 2 unspecified atom stereocenters. The van der Waals surface area contributed by atoms with Crippen molar-refractivity contribution in [2.45, 2.75) is 58.5 Å². The topological polar surface area (TPSA) is 53.7 Å². The van der Waals surface area contributed by atoms with Crippen molar-refractivity contribution in [2.24, 2.45) is 5.92 Å². The van der Waals surface area contributed by atoms with Crippen LogP contribution in [0.2, 0.25) is 0 Å². The average molecular weight is 536 g/mol. The summed E-state index contributed by atoms with van der Waals surface area (Å²) in [4.78, 5) is 15.2. The molecule has 1 aliphatic rings. The molecule has 5 rings (SSSR count). The zero-order chi connectivity index (χ0) is 25.9. The van der Waals surface area contributed by atoms with Gasteiger partial charge in [-0.05, 0) is 84.0 Å². The molecular formula is C32H35ClFNO3. The van der Waals surface area contributed by atoms with Gasteiger partial charge in [0.2, 0.25) is 0 Å². The van der Waals surface area contributed by atoms with Crippen molar-refractivity contribution in [1.29, 1.82) is 0 Å². The standard InChI is InChI=1S/C32H34FNO3.ClH/c1-21(7-6-10-23-11-13-26(33)14-12-23)22(2)25-17-29(35)31-28-20-34(19-24-8-4-3-5-9-24)16-15-27(28)32(36)37-30(31)18-25;/h3-5,8-9,11-14,17-18,21-22,35H,6-7,10,15-16,19-20H2,1-2H3;1H. The highest BCUT2D eigenvalue weighted by atomic mass is 35.5. The molecule has 1 aliphatic heterocycles. The second kappa shape index (κ2) is 12.1. The van der Waals surface area contributed by atoms with E-state index in [0.717, 1.165) is 49.0 Å². The fourth-order valence-corrected chi connectivity index (χ4v) is 5.54. The van der Waals surface area contributed by atoms with Gasteiger partial charge in [-0.15, -0.1) is 12.4 Å². The van der Waals surface area contributed by atoms with E-state index >= 15 is 0 Å². The Morgan fingerprint density at radius 2 is 1.74 bits per heavy atom. The van der Waals surface area contributed by atoms with Gasteiger partial charge in [0.25, 0.3) is 0 Å². The van der Waals surface area contributed by atoms with Gasteiger partial charge in [0.05, 0.1) is 5.39 Å². The average Bonchev–Trinajstić information content (AvgIpc) is 2.89. The number of nitrogens with zero attached hydrogens (tertiary/aromatic N) is 1. The molecule has 0 fully saturated rings. The second-order valence-electron chi connectivity index (χ2n) is 10.5. The lowest BCUT2D eigenvalue weighted by Gasteiger charge is -2.29. The zero-order valence-electron chi connectivity index (χ0n) is 22.0. The van der Waals surface area contributed by atoms with Gasteiger partial charge >= 0.3 is 5.63 Å². The zero-order valence-corrected chi connectivity index (χ0v) is 22.8. The van der Waals surface area contributed by atoms with Crippen LogP contribution in [0.25, 0.3) is 11.0 Å². The number of halogens is 2. The third-order valence-electron chi connectivity index (χ3n) is 7.95. The van der Waals surface area contributed by atoms with Crippen molar-refractivity contribution in [3.63, 3.8) is 0 Å². The fourth-order valence-electron chi connectivity index (χ4n) is 5.54. The number of rotatable bonds is 8. The largest absolute Gasteiger partial charge is 0.507 e. The Morgan fingerprint density at radius 3 is 2.47 bits per heavy atom. The Labute approximate surface area is 229 Å². The van der Waals surface area contributed by atoms with Crippen LogP contribution in [0, 0.1) is 11.7 Å². The second-order valence-corrected chi connectivity index (χ2v) is 10.5. The summed E-state index contributed by atoms with van der Waals surface area (Å²) in [6.45, 7) is 6.55. The molecule has 0 saturated heterocycles. The Balaban J connectivity index is 0.00000336. The van der Waals surface area contributed by atoms with E-state index in [0.29, 0.717) is 35.4 Å². The highest BCUT2D eigenvalue weighted by Crippen LogP contribution is 2.37. The molecule has 4 nitrogen and oxygen atoms in total.